The van der Waals surface area contributed by atoms with Gasteiger partial charge in [0.15, 0.2) is 0 Å². The highest BCUT2D eigenvalue weighted by Crippen LogP contribution is 2.26. The summed E-state index contributed by atoms with van der Waals surface area (Å²) in [5.74, 6) is -0.355. The summed E-state index contributed by atoms with van der Waals surface area (Å²) in [6, 6.07) is 7.89. The molecule has 0 saturated carbocycles. The Kier molecular flexibility index (Phi) is 3.36. The molecule has 1 amide bonds. The minimum Gasteiger partial charge on any atom is -0.369 e. The Hall–Kier alpha value is -1.20. The van der Waals surface area contributed by atoms with Crippen molar-refractivity contribution in [2.45, 2.75) is 6.42 Å². The van der Waals surface area contributed by atoms with Gasteiger partial charge in [-0.15, -0.1) is 11.3 Å². The molecule has 0 atom stereocenters. The lowest BCUT2D eigenvalue weighted by molar-refractivity contribution is -0.117. The number of halogens is 1. The summed E-state index contributed by atoms with van der Waals surface area (Å²) in [7, 11) is 0. The number of hydrogen-bond donors (Lipinski definition) is 1. The Morgan fingerprint density at radius 3 is 3.00 bits per heavy atom. The van der Waals surface area contributed by atoms with Crippen molar-refractivity contribution >= 4 is 33.2 Å². The number of benzene rings is 1. The van der Waals surface area contributed by atoms with Crippen LogP contribution in [-0.2, 0) is 11.2 Å². The topological polar surface area (TPSA) is 56.0 Å². The summed E-state index contributed by atoms with van der Waals surface area (Å²) in [5, 5.41) is 2.76. The molecule has 0 fully saturated rings. The Bertz CT molecular complexity index is 524. The maximum absolute atomic E-state index is 10.7. The number of hydrogen-bond acceptors (Lipinski definition) is 3. The maximum atomic E-state index is 10.7. The number of nitrogens with zero attached hydrogens (tertiary/aromatic N) is 1. The average Bonchev–Trinajstić information content (AvgIpc) is 2.65. The van der Waals surface area contributed by atoms with Crippen LogP contribution in [0.2, 0.25) is 0 Å². The van der Waals surface area contributed by atoms with Gasteiger partial charge < -0.3 is 5.73 Å². The normalized spacial score (nSPS) is 10.3. The molecule has 2 aromatic rings. The van der Waals surface area contributed by atoms with E-state index in [0.717, 1.165) is 20.7 Å². The predicted octanol–water partition coefficient (Wildman–Crippen LogP) is 2.60. The van der Waals surface area contributed by atoms with Gasteiger partial charge in [0, 0.05) is 15.4 Å². The molecule has 0 unspecified atom stereocenters. The summed E-state index contributed by atoms with van der Waals surface area (Å²) in [4.78, 5) is 15.1. The Morgan fingerprint density at radius 1 is 1.50 bits per heavy atom. The maximum Gasteiger partial charge on any atom is 0.223 e. The van der Waals surface area contributed by atoms with E-state index in [1.165, 1.54) is 11.3 Å². The van der Waals surface area contributed by atoms with Gasteiger partial charge in [-0.3, -0.25) is 4.79 Å². The minimum atomic E-state index is -0.355. The fraction of sp³-hybridized carbons (Fsp3) is 0.0909. The van der Waals surface area contributed by atoms with E-state index in [4.69, 9.17) is 5.73 Å². The van der Waals surface area contributed by atoms with Crippen LogP contribution in [0.3, 0.4) is 0 Å². The number of nitrogens with two attached hydrogens (primary N) is 1. The molecule has 16 heavy (non-hydrogen) atoms. The highest BCUT2D eigenvalue weighted by Gasteiger charge is 2.06. The first kappa shape index (κ1) is 11.3. The number of carbonyl (C=O) groups excluding carboxylic acids is 1. The molecule has 0 saturated heterocycles. The van der Waals surface area contributed by atoms with E-state index in [1.807, 2.05) is 29.6 Å². The van der Waals surface area contributed by atoms with Crippen molar-refractivity contribution in [3.8, 4) is 10.6 Å². The SMILES string of the molecule is NC(=O)Cc1csc(-c2cccc(Br)c2)n1. The number of thiazole rings is 1. The molecule has 0 spiro atoms. The van der Waals surface area contributed by atoms with E-state index >= 15 is 0 Å². The molecule has 2 N–H and O–H groups in total. The molecule has 0 aliphatic heterocycles. The number of rotatable bonds is 3. The van der Waals surface area contributed by atoms with Crippen LogP contribution < -0.4 is 5.73 Å². The highest BCUT2D eigenvalue weighted by molar-refractivity contribution is 9.10. The molecule has 0 radical (unpaired) electrons. The van der Waals surface area contributed by atoms with Crippen molar-refractivity contribution < 1.29 is 4.79 Å². The summed E-state index contributed by atoms with van der Waals surface area (Å²) in [6.45, 7) is 0. The first-order valence-electron chi connectivity index (χ1n) is 4.64. The van der Waals surface area contributed by atoms with Gasteiger partial charge in [-0.05, 0) is 12.1 Å². The number of aromatic nitrogens is 1. The van der Waals surface area contributed by atoms with E-state index in [2.05, 4.69) is 20.9 Å². The van der Waals surface area contributed by atoms with Gasteiger partial charge in [0.25, 0.3) is 0 Å². The lowest BCUT2D eigenvalue weighted by Crippen LogP contribution is -2.13. The fourth-order valence-corrected chi connectivity index (χ4v) is 2.54. The van der Waals surface area contributed by atoms with Gasteiger partial charge in [-0.1, -0.05) is 28.1 Å². The summed E-state index contributed by atoms with van der Waals surface area (Å²) in [5.41, 5.74) is 6.88. The average molecular weight is 297 g/mol. The highest BCUT2D eigenvalue weighted by atomic mass is 79.9. The van der Waals surface area contributed by atoms with Crippen LogP contribution in [0.15, 0.2) is 34.1 Å². The molecule has 82 valence electrons. The zero-order valence-corrected chi connectivity index (χ0v) is 10.7. The van der Waals surface area contributed by atoms with Gasteiger partial charge in [-0.2, -0.15) is 0 Å². The quantitative estimate of drug-likeness (QED) is 0.946. The first-order valence-corrected chi connectivity index (χ1v) is 6.31. The molecule has 1 heterocycles. The molecule has 1 aromatic heterocycles. The third kappa shape index (κ3) is 2.68. The third-order valence-electron chi connectivity index (χ3n) is 1.98. The molecule has 3 nitrogen and oxygen atoms in total. The van der Waals surface area contributed by atoms with Crippen molar-refractivity contribution in [1.29, 1.82) is 0 Å². The zero-order valence-electron chi connectivity index (χ0n) is 8.31. The van der Waals surface area contributed by atoms with E-state index in [9.17, 15) is 4.79 Å². The van der Waals surface area contributed by atoms with E-state index in [0.29, 0.717) is 0 Å². The van der Waals surface area contributed by atoms with Gasteiger partial charge >= 0.3 is 0 Å². The Balaban J connectivity index is 2.28. The molecule has 5 heteroatoms. The van der Waals surface area contributed by atoms with Crippen molar-refractivity contribution in [2.24, 2.45) is 5.73 Å². The lowest BCUT2D eigenvalue weighted by atomic mass is 10.2. The van der Waals surface area contributed by atoms with Crippen LogP contribution in [0.5, 0.6) is 0 Å². The van der Waals surface area contributed by atoms with Crippen LogP contribution >= 0.6 is 27.3 Å². The second-order valence-corrected chi connectivity index (χ2v) is 5.07. The second-order valence-electron chi connectivity index (χ2n) is 3.30. The molecule has 2 rings (SSSR count). The summed E-state index contributed by atoms with van der Waals surface area (Å²) < 4.78 is 1.01. The minimum absolute atomic E-state index is 0.199. The van der Waals surface area contributed by atoms with E-state index in [-0.39, 0.29) is 12.3 Å². The van der Waals surface area contributed by atoms with Crippen molar-refractivity contribution in [2.75, 3.05) is 0 Å². The van der Waals surface area contributed by atoms with Crippen LogP contribution in [0, 0.1) is 0 Å². The van der Waals surface area contributed by atoms with E-state index < -0.39 is 0 Å². The number of amides is 1. The predicted molar refractivity (Wildman–Crippen MR) is 68.1 cm³/mol. The molecular weight excluding hydrogens is 288 g/mol. The summed E-state index contributed by atoms with van der Waals surface area (Å²) >= 11 is 4.92. The second kappa shape index (κ2) is 4.76. The monoisotopic (exact) mass is 296 g/mol. The zero-order chi connectivity index (χ0) is 11.5. The Morgan fingerprint density at radius 2 is 2.31 bits per heavy atom. The molecule has 1 aromatic carbocycles. The van der Waals surface area contributed by atoms with Gasteiger partial charge in [0.1, 0.15) is 5.01 Å². The van der Waals surface area contributed by atoms with Gasteiger partial charge in [-0.25, -0.2) is 4.98 Å². The van der Waals surface area contributed by atoms with Crippen molar-refractivity contribution in [1.82, 2.24) is 4.98 Å². The fourth-order valence-electron chi connectivity index (χ4n) is 1.32. The van der Waals surface area contributed by atoms with E-state index in [1.54, 1.807) is 0 Å². The van der Waals surface area contributed by atoms with Crippen LogP contribution in [0.4, 0.5) is 0 Å². The van der Waals surface area contributed by atoms with Crippen LogP contribution in [0.25, 0.3) is 10.6 Å². The van der Waals surface area contributed by atoms with Crippen molar-refractivity contribution in [3.05, 3.63) is 39.8 Å². The molecule has 0 aliphatic rings. The largest absolute Gasteiger partial charge is 0.369 e. The first-order chi connectivity index (χ1) is 7.65. The molecule has 0 aliphatic carbocycles. The molecule has 0 bridgehead atoms. The van der Waals surface area contributed by atoms with Gasteiger partial charge in [0.05, 0.1) is 12.1 Å². The van der Waals surface area contributed by atoms with Crippen LogP contribution in [-0.4, -0.2) is 10.9 Å². The number of carbonyl (C=O) groups is 1. The third-order valence-corrected chi connectivity index (χ3v) is 3.41. The lowest BCUT2D eigenvalue weighted by Gasteiger charge is -1.96. The van der Waals surface area contributed by atoms with Crippen LogP contribution in [0.1, 0.15) is 5.69 Å². The molecular formula is C11H9BrN2OS. The number of primary amides is 1. The van der Waals surface area contributed by atoms with Crippen molar-refractivity contribution in [3.63, 3.8) is 0 Å². The summed E-state index contributed by atoms with van der Waals surface area (Å²) in [6.07, 6.45) is 0.199. The van der Waals surface area contributed by atoms with Gasteiger partial charge in [0.2, 0.25) is 5.91 Å². The standard InChI is InChI=1S/C11H9BrN2OS/c12-8-3-1-2-7(4-8)11-14-9(6-16-11)5-10(13)15/h1-4,6H,5H2,(H2,13,15). The smallest absolute Gasteiger partial charge is 0.223 e. The Labute approximate surface area is 105 Å².